The fourth-order valence-corrected chi connectivity index (χ4v) is 6.72. The first-order valence-corrected chi connectivity index (χ1v) is 15.6. The molecule has 3 aromatic carbocycles. The van der Waals surface area contributed by atoms with Crippen molar-refractivity contribution in [2.45, 2.75) is 93.9 Å². The summed E-state index contributed by atoms with van der Waals surface area (Å²) in [6, 6.07) is 29.2. The Hall–Kier alpha value is -3.09. The molecule has 0 saturated carbocycles. The number of hydrogen-bond donors (Lipinski definition) is 0. The first kappa shape index (κ1) is 30.9. The van der Waals surface area contributed by atoms with Gasteiger partial charge in [0.25, 0.3) is 0 Å². The van der Waals surface area contributed by atoms with Crippen molar-refractivity contribution in [1.82, 2.24) is 0 Å². The van der Waals surface area contributed by atoms with Crippen LogP contribution in [0.25, 0.3) is 0 Å². The number of thioether (sulfide) groups is 1. The van der Waals surface area contributed by atoms with Crippen LogP contribution in [0.5, 0.6) is 0 Å². The minimum atomic E-state index is -1.03. The third-order valence-electron chi connectivity index (χ3n) is 7.67. The highest BCUT2D eigenvalue weighted by Gasteiger charge is 2.60. The first-order chi connectivity index (χ1) is 20.0. The highest BCUT2D eigenvalue weighted by atomic mass is 32.2. The standard InChI is InChI=1S/C35H42O5S/c1-3-4-5-6-7-17-24-30-31(35(2,34(37)40-30)41-29-22-15-10-16-23-29)32(38-25-27-18-11-8-12-19-27)33(36)39-26-28-20-13-9-14-21-28/h8-16,18-23,30-32H,3-7,17,24-26H2,1-2H3/t30-,31+,32+,35-/m0/s1. The van der Waals surface area contributed by atoms with E-state index in [0.717, 1.165) is 35.3 Å². The lowest BCUT2D eigenvalue weighted by Gasteiger charge is -2.33. The molecule has 0 aliphatic carbocycles. The van der Waals surface area contributed by atoms with Crippen molar-refractivity contribution in [1.29, 1.82) is 0 Å². The Morgan fingerprint density at radius 1 is 0.829 bits per heavy atom. The summed E-state index contributed by atoms with van der Waals surface area (Å²) in [6.45, 7) is 4.46. The predicted molar refractivity (Wildman–Crippen MR) is 163 cm³/mol. The van der Waals surface area contributed by atoms with Gasteiger partial charge in [0, 0.05) is 4.90 Å². The van der Waals surface area contributed by atoms with Crippen LogP contribution in [0.15, 0.2) is 95.9 Å². The van der Waals surface area contributed by atoms with E-state index in [1.54, 1.807) is 0 Å². The Morgan fingerprint density at radius 3 is 2.02 bits per heavy atom. The van der Waals surface area contributed by atoms with Gasteiger partial charge < -0.3 is 14.2 Å². The molecule has 0 bridgehead atoms. The Bertz CT molecular complexity index is 1200. The zero-order valence-corrected chi connectivity index (χ0v) is 25.0. The summed E-state index contributed by atoms with van der Waals surface area (Å²) in [5.74, 6) is -1.31. The van der Waals surface area contributed by atoms with Gasteiger partial charge in [-0.2, -0.15) is 0 Å². The van der Waals surface area contributed by atoms with Crippen LogP contribution in [-0.4, -0.2) is 28.9 Å². The molecule has 1 saturated heterocycles. The molecule has 0 amide bonds. The molecular formula is C35H42O5S. The van der Waals surface area contributed by atoms with Gasteiger partial charge in [0.15, 0.2) is 6.10 Å². The van der Waals surface area contributed by atoms with Crippen molar-refractivity contribution in [3.05, 3.63) is 102 Å². The molecule has 6 heteroatoms. The lowest BCUT2D eigenvalue weighted by Crippen LogP contribution is -2.48. The lowest BCUT2D eigenvalue weighted by atomic mass is 9.83. The van der Waals surface area contributed by atoms with E-state index < -0.39 is 28.8 Å². The number of ether oxygens (including phenoxy) is 3. The smallest absolute Gasteiger partial charge is 0.336 e. The summed E-state index contributed by atoms with van der Waals surface area (Å²) >= 11 is 1.44. The molecule has 0 spiro atoms. The second kappa shape index (κ2) is 15.8. The van der Waals surface area contributed by atoms with E-state index in [4.69, 9.17) is 14.2 Å². The van der Waals surface area contributed by atoms with Crippen LogP contribution in [0.1, 0.15) is 69.9 Å². The van der Waals surface area contributed by atoms with E-state index in [2.05, 4.69) is 6.92 Å². The van der Waals surface area contributed by atoms with Crippen LogP contribution < -0.4 is 0 Å². The molecule has 0 radical (unpaired) electrons. The van der Waals surface area contributed by atoms with Crippen molar-refractivity contribution < 1.29 is 23.8 Å². The van der Waals surface area contributed by atoms with E-state index in [9.17, 15) is 9.59 Å². The third kappa shape index (κ3) is 8.70. The molecule has 0 unspecified atom stereocenters. The van der Waals surface area contributed by atoms with Crippen molar-refractivity contribution in [2.75, 3.05) is 0 Å². The van der Waals surface area contributed by atoms with Crippen LogP contribution in [0, 0.1) is 5.92 Å². The fraction of sp³-hybridized carbons (Fsp3) is 0.429. The highest BCUT2D eigenvalue weighted by Crippen LogP contribution is 2.49. The molecule has 0 aromatic heterocycles. The van der Waals surface area contributed by atoms with E-state index >= 15 is 0 Å². The average molecular weight is 575 g/mol. The Labute approximate surface area is 249 Å². The maximum atomic E-state index is 13.8. The summed E-state index contributed by atoms with van der Waals surface area (Å²) in [5.41, 5.74) is 1.84. The van der Waals surface area contributed by atoms with E-state index in [0.29, 0.717) is 6.42 Å². The zero-order valence-electron chi connectivity index (χ0n) is 24.2. The summed E-state index contributed by atoms with van der Waals surface area (Å²) < 4.78 is 17.3. The van der Waals surface area contributed by atoms with E-state index in [1.165, 1.54) is 31.0 Å². The third-order valence-corrected chi connectivity index (χ3v) is 9.04. The summed E-state index contributed by atoms with van der Waals surface area (Å²) in [7, 11) is 0. The molecule has 1 aliphatic heterocycles. The molecule has 4 rings (SSSR count). The quantitative estimate of drug-likeness (QED) is 0.127. The number of benzene rings is 3. The monoisotopic (exact) mass is 574 g/mol. The second-order valence-electron chi connectivity index (χ2n) is 10.9. The van der Waals surface area contributed by atoms with Crippen LogP contribution in [0.3, 0.4) is 0 Å². The minimum Gasteiger partial charge on any atom is -0.461 e. The molecule has 5 nitrogen and oxygen atoms in total. The summed E-state index contributed by atoms with van der Waals surface area (Å²) in [5, 5.41) is 0. The average Bonchev–Trinajstić information content (AvgIpc) is 3.24. The molecular weight excluding hydrogens is 532 g/mol. The molecule has 4 atom stereocenters. The highest BCUT2D eigenvalue weighted by molar-refractivity contribution is 8.01. The van der Waals surface area contributed by atoms with Gasteiger partial charge in [-0.05, 0) is 43.0 Å². The molecule has 41 heavy (non-hydrogen) atoms. The van der Waals surface area contributed by atoms with Gasteiger partial charge in [0.1, 0.15) is 17.5 Å². The molecule has 0 N–H and O–H groups in total. The fourth-order valence-electron chi connectivity index (χ4n) is 5.40. The maximum absolute atomic E-state index is 13.8. The number of carbonyl (C=O) groups excluding carboxylic acids is 2. The number of esters is 2. The lowest BCUT2D eigenvalue weighted by molar-refractivity contribution is -0.166. The number of unbranched alkanes of at least 4 members (excludes halogenated alkanes) is 5. The second-order valence-corrected chi connectivity index (χ2v) is 12.4. The topological polar surface area (TPSA) is 61.8 Å². The summed E-state index contributed by atoms with van der Waals surface area (Å²) in [4.78, 5) is 28.4. The molecule has 1 aliphatic rings. The van der Waals surface area contributed by atoms with Crippen molar-refractivity contribution in [2.24, 2.45) is 5.92 Å². The first-order valence-electron chi connectivity index (χ1n) is 14.8. The van der Waals surface area contributed by atoms with Crippen molar-refractivity contribution >= 4 is 23.7 Å². The van der Waals surface area contributed by atoms with Gasteiger partial charge in [-0.25, -0.2) is 4.79 Å². The molecule has 1 fully saturated rings. The Balaban J connectivity index is 1.60. The van der Waals surface area contributed by atoms with Crippen molar-refractivity contribution in [3.63, 3.8) is 0 Å². The van der Waals surface area contributed by atoms with Crippen LogP contribution >= 0.6 is 11.8 Å². The SMILES string of the molecule is CCCCCCCC[C@@H]1OC(=O)[C@@](C)(Sc2ccccc2)[C@H]1[C@@H](OCc1ccccc1)C(=O)OCc1ccccc1. The maximum Gasteiger partial charge on any atom is 0.336 e. The van der Waals surface area contributed by atoms with Gasteiger partial charge in [0.2, 0.25) is 0 Å². The van der Waals surface area contributed by atoms with Gasteiger partial charge in [0.05, 0.1) is 12.5 Å². The molecule has 1 heterocycles. The zero-order chi connectivity index (χ0) is 28.9. The number of carbonyl (C=O) groups is 2. The number of hydrogen-bond acceptors (Lipinski definition) is 6. The minimum absolute atomic E-state index is 0.136. The van der Waals surface area contributed by atoms with E-state index in [-0.39, 0.29) is 19.2 Å². The number of rotatable bonds is 16. The number of cyclic esters (lactones) is 1. The van der Waals surface area contributed by atoms with E-state index in [1.807, 2.05) is 97.9 Å². The normalized spacial score (nSPS) is 20.9. The largest absolute Gasteiger partial charge is 0.461 e. The Kier molecular flexibility index (Phi) is 11.9. The van der Waals surface area contributed by atoms with Gasteiger partial charge in [-0.15, -0.1) is 11.8 Å². The van der Waals surface area contributed by atoms with Crippen LogP contribution in [-0.2, 0) is 37.0 Å². The van der Waals surface area contributed by atoms with Gasteiger partial charge in [-0.3, -0.25) is 4.79 Å². The van der Waals surface area contributed by atoms with Crippen LogP contribution in [0.2, 0.25) is 0 Å². The molecule has 218 valence electrons. The van der Waals surface area contributed by atoms with Crippen LogP contribution in [0.4, 0.5) is 0 Å². The van der Waals surface area contributed by atoms with Crippen molar-refractivity contribution in [3.8, 4) is 0 Å². The van der Waals surface area contributed by atoms with Gasteiger partial charge >= 0.3 is 11.9 Å². The molecule has 3 aromatic rings. The summed E-state index contributed by atoms with van der Waals surface area (Å²) in [6.07, 6.45) is 6.05. The van der Waals surface area contributed by atoms with Gasteiger partial charge in [-0.1, -0.05) is 118 Å². The predicted octanol–water partition coefficient (Wildman–Crippen LogP) is 8.16. The Morgan fingerprint density at radius 2 is 1.39 bits per heavy atom.